The fourth-order valence-electron chi connectivity index (χ4n) is 1.40. The summed E-state index contributed by atoms with van der Waals surface area (Å²) in [7, 11) is -3.81. The highest BCUT2D eigenvalue weighted by Gasteiger charge is 2.21. The van der Waals surface area contributed by atoms with Crippen LogP contribution in [-0.4, -0.2) is 24.5 Å². The third-order valence-electron chi connectivity index (χ3n) is 2.31. The number of hydrogen-bond acceptors (Lipinski definition) is 6. The van der Waals surface area contributed by atoms with Crippen LogP contribution >= 0.6 is 11.3 Å². The van der Waals surface area contributed by atoms with Crippen molar-refractivity contribution >= 4 is 38.1 Å². The Balaban J connectivity index is 2.25. The lowest BCUT2D eigenvalue weighted by atomic mass is 10.2. The first-order valence-electron chi connectivity index (χ1n) is 5.58. The maximum atomic E-state index is 12.1. The molecular weight excluding hydrogens is 300 g/mol. The Morgan fingerprint density at radius 1 is 1.25 bits per heavy atom. The second-order valence-corrected chi connectivity index (χ2v) is 6.81. The first-order valence-corrected chi connectivity index (χ1v) is 7.88. The minimum atomic E-state index is -3.81. The van der Waals surface area contributed by atoms with Crippen molar-refractivity contribution in [3.63, 3.8) is 0 Å². The van der Waals surface area contributed by atoms with Gasteiger partial charge in [-0.3, -0.25) is 9.52 Å². The van der Waals surface area contributed by atoms with Crippen LogP contribution in [0.3, 0.4) is 0 Å². The van der Waals surface area contributed by atoms with Crippen molar-refractivity contribution < 1.29 is 13.2 Å². The van der Waals surface area contributed by atoms with E-state index in [4.69, 9.17) is 0 Å². The van der Waals surface area contributed by atoms with Gasteiger partial charge >= 0.3 is 0 Å². The van der Waals surface area contributed by atoms with E-state index in [9.17, 15) is 13.2 Å². The van der Waals surface area contributed by atoms with Crippen molar-refractivity contribution in [1.82, 2.24) is 10.2 Å². The van der Waals surface area contributed by atoms with Crippen molar-refractivity contribution in [2.45, 2.75) is 18.2 Å². The van der Waals surface area contributed by atoms with E-state index in [1.807, 2.05) is 6.07 Å². The van der Waals surface area contributed by atoms with Gasteiger partial charge in [-0.2, -0.15) is 8.42 Å². The number of para-hydroxylation sites is 1. The van der Waals surface area contributed by atoms with E-state index in [0.717, 1.165) is 16.9 Å². The average molecular weight is 312 g/mol. The van der Waals surface area contributed by atoms with E-state index >= 15 is 0 Å². The van der Waals surface area contributed by atoms with Crippen LogP contribution in [-0.2, 0) is 14.8 Å². The van der Waals surface area contributed by atoms with E-state index in [1.54, 1.807) is 25.1 Å². The van der Waals surface area contributed by atoms with Crippen LogP contribution in [0.15, 0.2) is 28.6 Å². The third kappa shape index (κ3) is 3.31. The monoisotopic (exact) mass is 312 g/mol. The molecular formula is C11H12N4O3S2. The van der Waals surface area contributed by atoms with E-state index in [0.29, 0.717) is 5.69 Å². The van der Waals surface area contributed by atoms with Gasteiger partial charge in [-0.15, -0.1) is 10.2 Å². The molecule has 0 unspecified atom stereocenters. The molecule has 106 valence electrons. The summed E-state index contributed by atoms with van der Waals surface area (Å²) < 4.78 is 26.5. The molecule has 0 aliphatic heterocycles. The van der Waals surface area contributed by atoms with Crippen LogP contribution in [0.5, 0.6) is 0 Å². The van der Waals surface area contributed by atoms with Gasteiger partial charge in [-0.25, -0.2) is 0 Å². The minimum Gasteiger partial charge on any atom is -0.301 e. The molecule has 1 aromatic carbocycles. The molecule has 0 bridgehead atoms. The van der Waals surface area contributed by atoms with Crippen LogP contribution in [0, 0.1) is 6.92 Å². The molecule has 0 saturated heterocycles. The second kappa shape index (κ2) is 5.55. The first kappa shape index (κ1) is 14.4. The maximum absolute atomic E-state index is 12.1. The number of carbonyl (C=O) groups excluding carboxylic acids is 1. The van der Waals surface area contributed by atoms with Gasteiger partial charge in [0.25, 0.3) is 14.4 Å². The molecule has 0 saturated carbocycles. The summed E-state index contributed by atoms with van der Waals surface area (Å²) in [5.41, 5.74) is 1.27. The normalized spacial score (nSPS) is 11.1. The topological polar surface area (TPSA) is 101 Å². The number of anilines is 2. The van der Waals surface area contributed by atoms with Gasteiger partial charge in [-0.05, 0) is 18.6 Å². The molecule has 20 heavy (non-hydrogen) atoms. The van der Waals surface area contributed by atoms with Crippen LogP contribution < -0.4 is 10.0 Å². The average Bonchev–Trinajstić information content (AvgIpc) is 2.80. The molecule has 0 atom stereocenters. The van der Waals surface area contributed by atoms with Gasteiger partial charge in [0.15, 0.2) is 0 Å². The van der Waals surface area contributed by atoms with Crippen molar-refractivity contribution in [3.8, 4) is 0 Å². The molecule has 2 N–H and O–H groups in total. The lowest BCUT2D eigenvalue weighted by molar-refractivity contribution is -0.114. The Hall–Kier alpha value is -2.00. The predicted octanol–water partition coefficient (Wildman–Crippen LogP) is 1.61. The van der Waals surface area contributed by atoms with Crippen LogP contribution in [0.25, 0.3) is 0 Å². The van der Waals surface area contributed by atoms with E-state index in [-0.39, 0.29) is 15.4 Å². The summed E-state index contributed by atoms with van der Waals surface area (Å²) in [6.07, 6.45) is 0. The number of amides is 1. The summed E-state index contributed by atoms with van der Waals surface area (Å²) in [4.78, 5) is 10.9. The predicted molar refractivity (Wildman–Crippen MR) is 76.2 cm³/mol. The standard InChI is InChI=1S/C11H12N4O3S2/c1-7-5-3-4-6-9(7)15-20(17,18)11-14-13-10(19-11)12-8(2)16/h3-6,15H,1-2H3,(H,12,13,16). The Bertz CT molecular complexity index is 740. The van der Waals surface area contributed by atoms with Crippen molar-refractivity contribution in [1.29, 1.82) is 0 Å². The van der Waals surface area contributed by atoms with Gasteiger partial charge in [0.05, 0.1) is 5.69 Å². The van der Waals surface area contributed by atoms with Gasteiger partial charge in [0.2, 0.25) is 11.0 Å². The van der Waals surface area contributed by atoms with E-state index in [2.05, 4.69) is 20.2 Å². The quantitative estimate of drug-likeness (QED) is 0.835. The van der Waals surface area contributed by atoms with Crippen molar-refractivity contribution in [2.24, 2.45) is 0 Å². The van der Waals surface area contributed by atoms with Gasteiger partial charge in [0, 0.05) is 6.92 Å². The van der Waals surface area contributed by atoms with E-state index < -0.39 is 10.0 Å². The Kier molecular flexibility index (Phi) is 4.00. The Morgan fingerprint density at radius 3 is 2.60 bits per heavy atom. The number of sulfonamides is 1. The molecule has 1 aromatic heterocycles. The summed E-state index contributed by atoms with van der Waals surface area (Å²) in [5.74, 6) is -0.336. The number of nitrogens with zero attached hydrogens (tertiary/aromatic N) is 2. The molecule has 0 radical (unpaired) electrons. The number of nitrogens with one attached hydrogen (secondary N) is 2. The van der Waals surface area contributed by atoms with Crippen molar-refractivity contribution in [2.75, 3.05) is 10.0 Å². The third-order valence-corrected chi connectivity index (χ3v) is 4.88. The number of hydrogen-bond donors (Lipinski definition) is 2. The SMILES string of the molecule is CC(=O)Nc1nnc(S(=O)(=O)Nc2ccccc2C)s1. The number of rotatable bonds is 4. The molecule has 1 heterocycles. The lowest BCUT2D eigenvalue weighted by Gasteiger charge is -2.07. The maximum Gasteiger partial charge on any atom is 0.291 e. The summed E-state index contributed by atoms with van der Waals surface area (Å²) in [5, 5.41) is 9.70. The fraction of sp³-hybridized carbons (Fsp3) is 0.182. The smallest absolute Gasteiger partial charge is 0.291 e. The van der Waals surface area contributed by atoms with E-state index in [1.165, 1.54) is 6.92 Å². The molecule has 7 nitrogen and oxygen atoms in total. The van der Waals surface area contributed by atoms with Gasteiger partial charge in [0.1, 0.15) is 0 Å². The van der Waals surface area contributed by atoms with Crippen LogP contribution in [0.4, 0.5) is 10.8 Å². The summed E-state index contributed by atoms with van der Waals surface area (Å²) >= 11 is 0.789. The molecule has 2 aromatic rings. The second-order valence-electron chi connectivity index (χ2n) is 3.97. The van der Waals surface area contributed by atoms with Gasteiger partial charge in [-0.1, -0.05) is 29.5 Å². The molecule has 0 aliphatic carbocycles. The molecule has 0 fully saturated rings. The largest absolute Gasteiger partial charge is 0.301 e. The zero-order chi connectivity index (χ0) is 14.8. The summed E-state index contributed by atoms with van der Waals surface area (Å²) in [6, 6.07) is 6.99. The molecule has 1 amide bonds. The van der Waals surface area contributed by atoms with Crippen LogP contribution in [0.1, 0.15) is 12.5 Å². The Morgan fingerprint density at radius 2 is 1.95 bits per heavy atom. The molecule has 0 spiro atoms. The first-order chi connectivity index (χ1) is 9.38. The minimum absolute atomic E-state index is 0.141. The number of aromatic nitrogens is 2. The zero-order valence-electron chi connectivity index (χ0n) is 10.7. The fourth-order valence-corrected chi connectivity index (χ4v) is 3.47. The lowest BCUT2D eigenvalue weighted by Crippen LogP contribution is -2.13. The molecule has 9 heteroatoms. The Labute approximate surface area is 120 Å². The molecule has 2 rings (SSSR count). The van der Waals surface area contributed by atoms with Crippen LogP contribution in [0.2, 0.25) is 0 Å². The molecule has 0 aliphatic rings. The number of benzene rings is 1. The number of aryl methyl sites for hydroxylation is 1. The van der Waals surface area contributed by atoms with Gasteiger partial charge < -0.3 is 5.32 Å². The highest BCUT2D eigenvalue weighted by molar-refractivity contribution is 7.94. The number of carbonyl (C=O) groups is 1. The van der Waals surface area contributed by atoms with Crippen molar-refractivity contribution in [3.05, 3.63) is 29.8 Å². The highest BCUT2D eigenvalue weighted by Crippen LogP contribution is 2.23. The zero-order valence-corrected chi connectivity index (χ0v) is 12.4. The highest BCUT2D eigenvalue weighted by atomic mass is 32.2. The summed E-state index contributed by atoms with van der Waals surface area (Å²) in [6.45, 7) is 3.10.